The third-order valence-electron chi connectivity index (χ3n) is 1.63. The molecule has 0 unspecified atom stereocenters. The SMILES string of the molecule is CNCNC(C)=O.COCCOCNCNOCOC. The Balaban J connectivity index is 0. The first kappa shape index (κ1) is 21.5. The fourth-order valence-corrected chi connectivity index (χ4v) is 0.753. The average molecular weight is 296 g/mol. The van der Waals surface area contributed by atoms with Gasteiger partial charge >= 0.3 is 0 Å². The number of ether oxygens (including phenoxy) is 3. The predicted molar refractivity (Wildman–Crippen MR) is 74.5 cm³/mol. The van der Waals surface area contributed by atoms with Crippen LogP contribution in [0, 0.1) is 0 Å². The highest BCUT2D eigenvalue weighted by Gasteiger charge is 1.87. The van der Waals surface area contributed by atoms with Crippen molar-refractivity contribution in [3.63, 3.8) is 0 Å². The van der Waals surface area contributed by atoms with Crippen LogP contribution in [0.2, 0.25) is 0 Å². The number of rotatable bonds is 12. The van der Waals surface area contributed by atoms with Crippen molar-refractivity contribution in [2.75, 3.05) is 61.3 Å². The smallest absolute Gasteiger partial charge is 0.217 e. The zero-order valence-corrected chi connectivity index (χ0v) is 12.8. The van der Waals surface area contributed by atoms with Crippen LogP contribution in [-0.4, -0.2) is 67.2 Å². The van der Waals surface area contributed by atoms with E-state index in [1.54, 1.807) is 21.3 Å². The van der Waals surface area contributed by atoms with Gasteiger partial charge in [-0.3, -0.25) is 14.9 Å². The molecule has 20 heavy (non-hydrogen) atoms. The van der Waals surface area contributed by atoms with Crippen LogP contribution < -0.4 is 21.4 Å². The molecule has 9 heteroatoms. The molecule has 0 atom stereocenters. The minimum Gasteiger partial charge on any atom is -0.382 e. The number of hydrogen-bond donors (Lipinski definition) is 4. The number of hydroxylamine groups is 1. The molecule has 4 N–H and O–H groups in total. The molecule has 122 valence electrons. The minimum atomic E-state index is -0.00523. The Morgan fingerprint density at radius 2 is 1.85 bits per heavy atom. The fourth-order valence-electron chi connectivity index (χ4n) is 0.753. The number of carbonyl (C=O) groups excluding carboxylic acids is 1. The molecule has 0 saturated heterocycles. The molecule has 0 saturated carbocycles. The molecule has 0 aromatic carbocycles. The summed E-state index contributed by atoms with van der Waals surface area (Å²) in [6, 6.07) is 0. The topological polar surface area (TPSA) is 102 Å². The van der Waals surface area contributed by atoms with E-state index in [2.05, 4.69) is 26.2 Å². The van der Waals surface area contributed by atoms with Crippen molar-refractivity contribution >= 4 is 5.91 Å². The highest BCUT2D eigenvalue weighted by Crippen LogP contribution is 1.72. The van der Waals surface area contributed by atoms with E-state index < -0.39 is 0 Å². The van der Waals surface area contributed by atoms with Gasteiger partial charge < -0.3 is 24.8 Å². The van der Waals surface area contributed by atoms with Gasteiger partial charge in [0.2, 0.25) is 5.91 Å². The maximum atomic E-state index is 10.1. The third kappa shape index (κ3) is 25.9. The van der Waals surface area contributed by atoms with Crippen LogP contribution in [0.4, 0.5) is 0 Å². The molecule has 0 spiro atoms. The molecule has 0 aliphatic carbocycles. The highest BCUT2D eigenvalue weighted by molar-refractivity contribution is 5.72. The quantitative estimate of drug-likeness (QED) is 0.198. The molecule has 0 aliphatic rings. The molecular formula is C11H28N4O5. The lowest BCUT2D eigenvalue weighted by atomic mass is 10.7. The van der Waals surface area contributed by atoms with E-state index >= 15 is 0 Å². The highest BCUT2D eigenvalue weighted by atomic mass is 16.7. The van der Waals surface area contributed by atoms with E-state index in [1.165, 1.54) is 6.92 Å². The summed E-state index contributed by atoms with van der Waals surface area (Å²) in [6.45, 7) is 4.43. The van der Waals surface area contributed by atoms with E-state index in [0.717, 1.165) is 0 Å². The van der Waals surface area contributed by atoms with E-state index in [4.69, 9.17) is 14.3 Å². The molecule has 0 bridgehead atoms. The van der Waals surface area contributed by atoms with E-state index in [9.17, 15) is 4.79 Å². The van der Waals surface area contributed by atoms with E-state index in [1.807, 2.05) is 0 Å². The summed E-state index contributed by atoms with van der Waals surface area (Å²) in [5.74, 6) is -0.00523. The Morgan fingerprint density at radius 3 is 2.35 bits per heavy atom. The number of hydrogen-bond acceptors (Lipinski definition) is 8. The summed E-state index contributed by atoms with van der Waals surface area (Å²) in [5.41, 5.74) is 2.63. The van der Waals surface area contributed by atoms with Crippen LogP contribution in [-0.2, 0) is 23.8 Å². The predicted octanol–water partition coefficient (Wildman–Crippen LogP) is -1.42. The van der Waals surface area contributed by atoms with Gasteiger partial charge in [0, 0.05) is 21.1 Å². The van der Waals surface area contributed by atoms with Gasteiger partial charge in [-0.15, -0.1) is 0 Å². The first-order valence-corrected chi connectivity index (χ1v) is 6.19. The maximum Gasteiger partial charge on any atom is 0.217 e. The maximum absolute atomic E-state index is 10.1. The second kappa shape index (κ2) is 20.5. The lowest BCUT2D eigenvalue weighted by molar-refractivity contribution is -0.119. The molecule has 0 aromatic heterocycles. The van der Waals surface area contributed by atoms with Gasteiger partial charge in [-0.1, -0.05) is 0 Å². The number of methoxy groups -OCH3 is 2. The fraction of sp³-hybridized carbons (Fsp3) is 0.909. The Hall–Kier alpha value is -0.810. The lowest BCUT2D eigenvalue weighted by Crippen LogP contribution is -2.31. The second-order valence-corrected chi connectivity index (χ2v) is 3.43. The van der Waals surface area contributed by atoms with Crippen LogP contribution in [0.1, 0.15) is 6.92 Å². The van der Waals surface area contributed by atoms with Crippen LogP contribution in [0.3, 0.4) is 0 Å². The molecule has 0 rings (SSSR count). The van der Waals surface area contributed by atoms with Gasteiger partial charge in [-0.2, -0.15) is 5.48 Å². The Labute approximate surface area is 120 Å². The van der Waals surface area contributed by atoms with Crippen molar-refractivity contribution < 1.29 is 23.8 Å². The summed E-state index contributed by atoms with van der Waals surface area (Å²) in [4.78, 5) is 14.8. The number of nitrogens with one attached hydrogen (secondary N) is 4. The molecule has 0 heterocycles. The van der Waals surface area contributed by atoms with E-state index in [-0.39, 0.29) is 12.7 Å². The van der Waals surface area contributed by atoms with Crippen molar-refractivity contribution in [2.24, 2.45) is 0 Å². The normalized spacial score (nSPS) is 9.80. The molecular weight excluding hydrogens is 268 g/mol. The van der Waals surface area contributed by atoms with Gasteiger partial charge in [0.25, 0.3) is 0 Å². The molecule has 9 nitrogen and oxygen atoms in total. The molecule has 0 fully saturated rings. The summed E-state index contributed by atoms with van der Waals surface area (Å²) in [6.07, 6.45) is 0. The Morgan fingerprint density at radius 1 is 1.10 bits per heavy atom. The summed E-state index contributed by atoms with van der Waals surface area (Å²) in [5, 5.41) is 8.25. The first-order chi connectivity index (χ1) is 9.68. The van der Waals surface area contributed by atoms with Crippen LogP contribution in [0.15, 0.2) is 0 Å². The van der Waals surface area contributed by atoms with Crippen molar-refractivity contribution in [3.05, 3.63) is 0 Å². The first-order valence-electron chi connectivity index (χ1n) is 6.19. The minimum absolute atomic E-state index is 0.00523. The number of carbonyl (C=O) groups is 1. The van der Waals surface area contributed by atoms with Gasteiger partial charge in [-0.05, 0) is 7.05 Å². The average Bonchev–Trinajstić information content (AvgIpc) is 2.44. The zero-order valence-electron chi connectivity index (χ0n) is 12.8. The number of amides is 1. The van der Waals surface area contributed by atoms with Crippen molar-refractivity contribution in [3.8, 4) is 0 Å². The summed E-state index contributed by atoms with van der Waals surface area (Å²) >= 11 is 0. The lowest BCUT2D eigenvalue weighted by Gasteiger charge is -2.07. The van der Waals surface area contributed by atoms with Crippen molar-refractivity contribution in [1.82, 2.24) is 21.4 Å². The van der Waals surface area contributed by atoms with Gasteiger partial charge in [-0.25, -0.2) is 0 Å². The third-order valence-corrected chi connectivity index (χ3v) is 1.63. The van der Waals surface area contributed by atoms with Crippen LogP contribution in [0.25, 0.3) is 0 Å². The monoisotopic (exact) mass is 296 g/mol. The summed E-state index contributed by atoms with van der Waals surface area (Å²) in [7, 11) is 4.97. The summed E-state index contributed by atoms with van der Waals surface area (Å²) < 4.78 is 14.6. The van der Waals surface area contributed by atoms with Gasteiger partial charge in [0.05, 0.1) is 33.3 Å². The zero-order chi connectivity index (χ0) is 15.5. The second-order valence-electron chi connectivity index (χ2n) is 3.43. The van der Waals surface area contributed by atoms with Crippen molar-refractivity contribution in [2.45, 2.75) is 6.92 Å². The van der Waals surface area contributed by atoms with Gasteiger partial charge in [0.1, 0.15) is 0 Å². The molecule has 0 radical (unpaired) electrons. The Kier molecular flexibility index (Phi) is 22.0. The van der Waals surface area contributed by atoms with Crippen LogP contribution in [0.5, 0.6) is 0 Å². The Bertz CT molecular complexity index is 188. The standard InChI is InChI=1S/C7H18N2O4.C4H10N2O/c1-10-3-4-12-6-8-5-9-13-7-11-2;1-4(7)6-3-5-2/h8-9H,3-7H2,1-2H3;5H,3H2,1-2H3,(H,6,7). The largest absolute Gasteiger partial charge is 0.382 e. The molecule has 0 aromatic rings. The van der Waals surface area contributed by atoms with Crippen LogP contribution >= 0.6 is 0 Å². The molecule has 1 amide bonds. The molecule has 0 aliphatic heterocycles. The van der Waals surface area contributed by atoms with Gasteiger partial charge in [0.15, 0.2) is 6.79 Å². The van der Waals surface area contributed by atoms with E-state index in [0.29, 0.717) is 33.3 Å². The van der Waals surface area contributed by atoms with Crippen molar-refractivity contribution in [1.29, 1.82) is 0 Å².